The predicted molar refractivity (Wildman–Crippen MR) is 138 cm³/mol. The van der Waals surface area contributed by atoms with Crippen molar-refractivity contribution in [2.75, 3.05) is 0 Å². The van der Waals surface area contributed by atoms with E-state index in [0.717, 1.165) is 12.1 Å². The van der Waals surface area contributed by atoms with Crippen molar-refractivity contribution in [2.45, 2.75) is 11.1 Å². The van der Waals surface area contributed by atoms with Gasteiger partial charge in [-0.1, -0.05) is 29.8 Å². The summed E-state index contributed by atoms with van der Waals surface area (Å²) in [6.45, 7) is 0. The first-order valence-corrected chi connectivity index (χ1v) is 12.9. The van der Waals surface area contributed by atoms with E-state index in [0.29, 0.717) is 22.2 Å². The number of para-hydroxylation sites is 1. The molecular weight excluding hydrogens is 561 g/mol. The fourth-order valence-corrected chi connectivity index (χ4v) is 5.49. The standard InChI is InChI=1S/C25H16ClF3N4O5S/c1-32-19-10-9-14(26)12-17(19)20(33-23(35)16-7-2-3-8-18(16)30-24(33)36)21(32)22(34)31-39(37,38)15-6-4-5-13(11-15)25(27,28)29/h2-12H,1H3,(H,30,36)(H,31,34). The van der Waals surface area contributed by atoms with Crippen molar-refractivity contribution in [3.05, 3.63) is 104 Å². The molecule has 0 bridgehead atoms. The summed E-state index contributed by atoms with van der Waals surface area (Å²) in [6, 6.07) is 13.4. The monoisotopic (exact) mass is 576 g/mol. The van der Waals surface area contributed by atoms with Gasteiger partial charge in [-0.2, -0.15) is 13.2 Å². The van der Waals surface area contributed by atoms with Gasteiger partial charge in [-0.3, -0.25) is 9.59 Å². The average molecular weight is 577 g/mol. The van der Waals surface area contributed by atoms with E-state index in [1.54, 1.807) is 16.9 Å². The van der Waals surface area contributed by atoms with E-state index in [2.05, 4.69) is 4.98 Å². The molecule has 0 saturated heterocycles. The molecule has 200 valence electrons. The molecule has 2 heterocycles. The first kappa shape index (κ1) is 26.3. The molecule has 2 N–H and O–H groups in total. The van der Waals surface area contributed by atoms with E-state index < -0.39 is 49.5 Å². The molecule has 0 atom stereocenters. The maximum absolute atomic E-state index is 13.5. The van der Waals surface area contributed by atoms with Crippen molar-refractivity contribution in [1.29, 1.82) is 0 Å². The van der Waals surface area contributed by atoms with Crippen LogP contribution in [0.1, 0.15) is 16.1 Å². The summed E-state index contributed by atoms with van der Waals surface area (Å²) in [5.41, 5.74) is -3.07. The first-order valence-electron chi connectivity index (χ1n) is 11.1. The van der Waals surface area contributed by atoms with Gasteiger partial charge in [0.15, 0.2) is 0 Å². The van der Waals surface area contributed by atoms with E-state index in [-0.39, 0.29) is 27.0 Å². The van der Waals surface area contributed by atoms with Crippen molar-refractivity contribution in [3.63, 3.8) is 0 Å². The quantitative estimate of drug-likeness (QED) is 0.335. The van der Waals surface area contributed by atoms with Crippen LogP contribution in [0.5, 0.6) is 0 Å². The zero-order chi connectivity index (χ0) is 28.3. The van der Waals surface area contributed by atoms with Gasteiger partial charge in [0.1, 0.15) is 5.69 Å². The number of hydrogen-bond acceptors (Lipinski definition) is 5. The molecule has 2 aromatic heterocycles. The minimum Gasteiger partial charge on any atom is -0.338 e. The van der Waals surface area contributed by atoms with E-state index >= 15 is 0 Å². The second-order valence-corrected chi connectivity index (χ2v) is 10.6. The number of rotatable bonds is 4. The Morgan fingerprint density at radius 3 is 2.41 bits per heavy atom. The smallest absolute Gasteiger partial charge is 0.338 e. The van der Waals surface area contributed by atoms with Crippen molar-refractivity contribution < 1.29 is 26.4 Å². The summed E-state index contributed by atoms with van der Waals surface area (Å²) in [7, 11) is -3.42. The fourth-order valence-electron chi connectivity index (χ4n) is 4.32. The molecule has 5 rings (SSSR count). The summed E-state index contributed by atoms with van der Waals surface area (Å²) < 4.78 is 69.1. The molecule has 0 aliphatic rings. The van der Waals surface area contributed by atoms with Crippen LogP contribution in [-0.2, 0) is 23.2 Å². The number of H-pyrrole nitrogens is 1. The maximum atomic E-state index is 13.5. The zero-order valence-corrected chi connectivity index (χ0v) is 21.3. The van der Waals surface area contributed by atoms with Crippen LogP contribution in [0.4, 0.5) is 13.2 Å². The van der Waals surface area contributed by atoms with Crippen LogP contribution >= 0.6 is 11.6 Å². The molecule has 9 nitrogen and oxygen atoms in total. The Kier molecular flexibility index (Phi) is 6.15. The van der Waals surface area contributed by atoms with Crippen LogP contribution < -0.4 is 16.0 Å². The van der Waals surface area contributed by atoms with Crippen LogP contribution in [0, 0.1) is 0 Å². The third kappa shape index (κ3) is 4.49. The molecule has 0 unspecified atom stereocenters. The van der Waals surface area contributed by atoms with Gasteiger partial charge in [-0.15, -0.1) is 0 Å². The molecule has 0 aliphatic heterocycles. The van der Waals surface area contributed by atoms with Crippen LogP contribution in [0.25, 0.3) is 27.5 Å². The summed E-state index contributed by atoms with van der Waals surface area (Å²) in [4.78, 5) is 41.8. The zero-order valence-electron chi connectivity index (χ0n) is 19.7. The first-order chi connectivity index (χ1) is 18.3. The predicted octanol–water partition coefficient (Wildman–Crippen LogP) is 3.96. The summed E-state index contributed by atoms with van der Waals surface area (Å²) in [5, 5.41) is 0.483. The molecule has 1 amide bonds. The number of hydrogen-bond donors (Lipinski definition) is 2. The van der Waals surface area contributed by atoms with Gasteiger partial charge in [0, 0.05) is 17.5 Å². The van der Waals surface area contributed by atoms with Crippen molar-refractivity contribution in [2.24, 2.45) is 7.05 Å². The van der Waals surface area contributed by atoms with E-state index in [9.17, 15) is 36.0 Å². The van der Waals surface area contributed by atoms with Gasteiger partial charge >= 0.3 is 11.9 Å². The SMILES string of the molecule is Cn1c(C(=O)NS(=O)(=O)c2cccc(C(F)(F)F)c2)c(-n2c(=O)[nH]c3ccccc3c2=O)c2cc(Cl)ccc21. The minimum atomic E-state index is -4.82. The number of benzene rings is 3. The molecule has 14 heteroatoms. The highest BCUT2D eigenvalue weighted by atomic mass is 35.5. The minimum absolute atomic E-state index is 0.110. The molecule has 3 aromatic carbocycles. The second kappa shape index (κ2) is 9.13. The lowest BCUT2D eigenvalue weighted by Gasteiger charge is -2.13. The highest BCUT2D eigenvalue weighted by Crippen LogP contribution is 2.32. The van der Waals surface area contributed by atoms with Gasteiger partial charge in [0.05, 0.1) is 32.6 Å². The van der Waals surface area contributed by atoms with Crippen LogP contribution in [-0.4, -0.2) is 28.4 Å². The number of aromatic amines is 1. The van der Waals surface area contributed by atoms with Crippen LogP contribution in [0.3, 0.4) is 0 Å². The fraction of sp³-hybridized carbons (Fsp3) is 0.0800. The number of carbonyl (C=O) groups is 1. The Morgan fingerprint density at radius 1 is 0.974 bits per heavy atom. The van der Waals surface area contributed by atoms with Crippen molar-refractivity contribution in [1.82, 2.24) is 18.8 Å². The maximum Gasteiger partial charge on any atom is 0.416 e. The third-order valence-corrected chi connectivity index (χ3v) is 7.64. The number of fused-ring (bicyclic) bond motifs is 2. The van der Waals surface area contributed by atoms with Crippen molar-refractivity contribution in [3.8, 4) is 5.69 Å². The third-order valence-electron chi connectivity index (χ3n) is 6.08. The van der Waals surface area contributed by atoms with E-state index in [1.165, 1.54) is 41.9 Å². The molecule has 39 heavy (non-hydrogen) atoms. The number of sulfonamides is 1. The number of aryl methyl sites for hydroxylation is 1. The van der Waals surface area contributed by atoms with E-state index in [1.807, 2.05) is 0 Å². The molecule has 0 aliphatic carbocycles. The van der Waals surface area contributed by atoms with Gasteiger partial charge in [0.25, 0.3) is 21.5 Å². The number of carbonyl (C=O) groups excluding carboxylic acids is 1. The number of halogens is 4. The van der Waals surface area contributed by atoms with Gasteiger partial charge in [-0.05, 0) is 48.5 Å². The van der Waals surface area contributed by atoms with Crippen molar-refractivity contribution >= 4 is 49.3 Å². The Morgan fingerprint density at radius 2 is 1.69 bits per heavy atom. The number of nitrogens with zero attached hydrogens (tertiary/aromatic N) is 2. The normalized spacial score (nSPS) is 12.2. The molecule has 0 saturated carbocycles. The number of alkyl halides is 3. The molecule has 0 radical (unpaired) electrons. The molecule has 0 fully saturated rings. The second-order valence-electron chi connectivity index (χ2n) is 8.49. The molecule has 0 spiro atoms. The van der Waals surface area contributed by atoms with Gasteiger partial charge < -0.3 is 9.55 Å². The lowest BCUT2D eigenvalue weighted by Crippen LogP contribution is -2.37. The van der Waals surface area contributed by atoms with Gasteiger partial charge in [0.2, 0.25) is 0 Å². The highest BCUT2D eigenvalue weighted by molar-refractivity contribution is 7.90. The van der Waals surface area contributed by atoms with Crippen LogP contribution in [0.15, 0.2) is 81.2 Å². The largest absolute Gasteiger partial charge is 0.416 e. The Balaban J connectivity index is 1.74. The average Bonchev–Trinajstić information content (AvgIpc) is 3.14. The Hall–Kier alpha value is -4.36. The Labute approximate surface area is 222 Å². The van der Waals surface area contributed by atoms with Crippen LogP contribution in [0.2, 0.25) is 5.02 Å². The van der Waals surface area contributed by atoms with E-state index in [4.69, 9.17) is 11.6 Å². The topological polar surface area (TPSA) is 123 Å². The number of nitrogens with one attached hydrogen (secondary N) is 2. The lowest BCUT2D eigenvalue weighted by molar-refractivity contribution is -0.137. The number of aromatic nitrogens is 3. The number of amides is 1. The summed E-state index contributed by atoms with van der Waals surface area (Å²) in [6.07, 6.45) is -4.82. The molecular formula is C25H16ClF3N4O5S. The summed E-state index contributed by atoms with van der Waals surface area (Å²) >= 11 is 6.16. The summed E-state index contributed by atoms with van der Waals surface area (Å²) in [5.74, 6) is -1.29. The Bertz CT molecular complexity index is 2050. The van der Waals surface area contributed by atoms with Gasteiger partial charge in [-0.25, -0.2) is 22.5 Å². The lowest BCUT2D eigenvalue weighted by atomic mass is 10.2. The highest BCUT2D eigenvalue weighted by Gasteiger charge is 2.33. The molecule has 5 aromatic rings.